The summed E-state index contributed by atoms with van der Waals surface area (Å²) in [6, 6.07) is 10.6. The van der Waals surface area contributed by atoms with Crippen LogP contribution in [0.3, 0.4) is 0 Å². The second-order valence-corrected chi connectivity index (χ2v) is 6.19. The third-order valence-corrected chi connectivity index (χ3v) is 4.29. The smallest absolute Gasteiger partial charge is 0.0557 e. The standard InChI is InChI=1S/C17H20BrN/c1-10-5-6-14(18)9-16(10)17(19)15-8-12(3)11(2)7-13(15)4/h5-9,17H,19H2,1-4H3. The van der Waals surface area contributed by atoms with E-state index in [0.717, 1.165) is 4.47 Å². The van der Waals surface area contributed by atoms with Crippen LogP contribution in [0.2, 0.25) is 0 Å². The van der Waals surface area contributed by atoms with Crippen molar-refractivity contribution in [3.8, 4) is 0 Å². The summed E-state index contributed by atoms with van der Waals surface area (Å²) in [7, 11) is 0. The first-order valence-electron chi connectivity index (χ1n) is 6.49. The van der Waals surface area contributed by atoms with Gasteiger partial charge >= 0.3 is 0 Å². The highest BCUT2D eigenvalue weighted by atomic mass is 79.9. The van der Waals surface area contributed by atoms with Gasteiger partial charge in [0.15, 0.2) is 0 Å². The molecule has 1 atom stereocenters. The zero-order chi connectivity index (χ0) is 14.2. The number of hydrogen-bond donors (Lipinski definition) is 1. The Balaban J connectivity index is 2.52. The third kappa shape index (κ3) is 2.90. The predicted octanol–water partition coefficient (Wildman–Crippen LogP) is 4.73. The molecule has 0 bridgehead atoms. The van der Waals surface area contributed by atoms with Gasteiger partial charge in [-0.05, 0) is 73.2 Å². The molecule has 0 fully saturated rings. The average molecular weight is 318 g/mol. The number of aryl methyl sites for hydroxylation is 4. The number of nitrogens with two attached hydrogens (primary N) is 1. The first-order chi connectivity index (χ1) is 8.90. The summed E-state index contributed by atoms with van der Waals surface area (Å²) < 4.78 is 1.07. The summed E-state index contributed by atoms with van der Waals surface area (Å²) in [5, 5.41) is 0. The molecule has 0 heterocycles. The van der Waals surface area contributed by atoms with Crippen molar-refractivity contribution >= 4 is 15.9 Å². The zero-order valence-electron chi connectivity index (χ0n) is 11.9. The lowest BCUT2D eigenvalue weighted by atomic mass is 9.90. The lowest BCUT2D eigenvalue weighted by molar-refractivity contribution is 0.848. The second-order valence-electron chi connectivity index (χ2n) is 5.27. The van der Waals surface area contributed by atoms with E-state index in [9.17, 15) is 0 Å². The Labute approximate surface area is 124 Å². The molecule has 19 heavy (non-hydrogen) atoms. The van der Waals surface area contributed by atoms with Gasteiger partial charge in [-0.3, -0.25) is 0 Å². The van der Waals surface area contributed by atoms with Crippen LogP contribution < -0.4 is 5.73 Å². The van der Waals surface area contributed by atoms with Crippen molar-refractivity contribution in [1.29, 1.82) is 0 Å². The van der Waals surface area contributed by atoms with Crippen molar-refractivity contribution in [3.05, 3.63) is 68.2 Å². The van der Waals surface area contributed by atoms with E-state index in [4.69, 9.17) is 5.73 Å². The van der Waals surface area contributed by atoms with E-state index in [2.05, 4.69) is 74.0 Å². The zero-order valence-corrected chi connectivity index (χ0v) is 13.5. The van der Waals surface area contributed by atoms with E-state index in [0.29, 0.717) is 0 Å². The Morgan fingerprint density at radius 3 is 2.05 bits per heavy atom. The summed E-state index contributed by atoms with van der Waals surface area (Å²) in [5.74, 6) is 0. The van der Waals surface area contributed by atoms with E-state index in [1.807, 2.05) is 0 Å². The van der Waals surface area contributed by atoms with Gasteiger partial charge in [0.25, 0.3) is 0 Å². The molecule has 1 unspecified atom stereocenters. The Kier molecular flexibility index (Phi) is 4.12. The summed E-state index contributed by atoms with van der Waals surface area (Å²) in [4.78, 5) is 0. The van der Waals surface area contributed by atoms with Crippen molar-refractivity contribution in [2.75, 3.05) is 0 Å². The van der Waals surface area contributed by atoms with Gasteiger partial charge in [-0.25, -0.2) is 0 Å². The van der Waals surface area contributed by atoms with Crippen LogP contribution in [0.5, 0.6) is 0 Å². The van der Waals surface area contributed by atoms with Crippen LogP contribution in [-0.2, 0) is 0 Å². The van der Waals surface area contributed by atoms with Crippen molar-refractivity contribution in [3.63, 3.8) is 0 Å². The minimum atomic E-state index is -0.0724. The summed E-state index contributed by atoms with van der Waals surface area (Å²) >= 11 is 3.53. The molecular formula is C17H20BrN. The molecule has 1 nitrogen and oxygen atoms in total. The topological polar surface area (TPSA) is 26.0 Å². The summed E-state index contributed by atoms with van der Waals surface area (Å²) in [6.07, 6.45) is 0. The quantitative estimate of drug-likeness (QED) is 0.851. The number of rotatable bonds is 2. The average Bonchev–Trinajstić information content (AvgIpc) is 2.36. The van der Waals surface area contributed by atoms with Gasteiger partial charge < -0.3 is 5.73 Å². The normalized spacial score (nSPS) is 12.5. The molecule has 0 amide bonds. The second kappa shape index (κ2) is 5.48. The molecule has 0 aliphatic rings. The van der Waals surface area contributed by atoms with Crippen molar-refractivity contribution < 1.29 is 0 Å². The third-order valence-electron chi connectivity index (χ3n) is 3.79. The first-order valence-corrected chi connectivity index (χ1v) is 7.29. The molecule has 0 aliphatic heterocycles. The van der Waals surface area contributed by atoms with Gasteiger partial charge in [-0.2, -0.15) is 0 Å². The van der Waals surface area contributed by atoms with Gasteiger partial charge in [-0.15, -0.1) is 0 Å². The number of hydrogen-bond acceptors (Lipinski definition) is 1. The Bertz CT molecular complexity index is 617. The minimum Gasteiger partial charge on any atom is -0.320 e. The Morgan fingerprint density at radius 1 is 0.789 bits per heavy atom. The van der Waals surface area contributed by atoms with E-state index in [1.54, 1.807) is 0 Å². The highest BCUT2D eigenvalue weighted by Crippen LogP contribution is 2.29. The van der Waals surface area contributed by atoms with Crippen LogP contribution in [0.4, 0.5) is 0 Å². The lowest BCUT2D eigenvalue weighted by Gasteiger charge is -2.19. The molecule has 0 aliphatic carbocycles. The summed E-state index contributed by atoms with van der Waals surface area (Å²) in [5.41, 5.74) is 14.0. The van der Waals surface area contributed by atoms with Gasteiger partial charge in [0.1, 0.15) is 0 Å². The fourth-order valence-corrected chi connectivity index (χ4v) is 2.81. The molecule has 2 aromatic carbocycles. The molecule has 2 heteroatoms. The predicted molar refractivity (Wildman–Crippen MR) is 85.6 cm³/mol. The molecular weight excluding hydrogens is 298 g/mol. The monoisotopic (exact) mass is 317 g/mol. The maximum Gasteiger partial charge on any atom is 0.0557 e. The lowest BCUT2D eigenvalue weighted by Crippen LogP contribution is -2.15. The maximum atomic E-state index is 6.48. The van der Waals surface area contributed by atoms with Gasteiger partial charge in [0.2, 0.25) is 0 Å². The van der Waals surface area contributed by atoms with E-state index >= 15 is 0 Å². The van der Waals surface area contributed by atoms with Gasteiger partial charge in [0.05, 0.1) is 6.04 Å². The molecule has 0 saturated heterocycles. The first kappa shape index (κ1) is 14.3. The molecule has 0 radical (unpaired) electrons. The number of halogens is 1. The molecule has 2 rings (SSSR count). The Hall–Kier alpha value is -1.12. The summed E-state index contributed by atoms with van der Waals surface area (Å²) in [6.45, 7) is 8.52. The highest BCUT2D eigenvalue weighted by molar-refractivity contribution is 9.10. The van der Waals surface area contributed by atoms with Crippen molar-refractivity contribution in [2.45, 2.75) is 33.7 Å². The molecule has 0 aromatic heterocycles. The Morgan fingerprint density at radius 2 is 1.37 bits per heavy atom. The molecule has 2 aromatic rings. The number of benzene rings is 2. The van der Waals surface area contributed by atoms with Crippen LogP contribution in [-0.4, -0.2) is 0 Å². The van der Waals surface area contributed by atoms with Crippen LogP contribution in [0.1, 0.15) is 39.4 Å². The SMILES string of the molecule is Cc1cc(C)c(C(N)c2cc(Br)ccc2C)cc1C. The van der Waals surface area contributed by atoms with Crippen LogP contribution in [0, 0.1) is 27.7 Å². The van der Waals surface area contributed by atoms with E-state index < -0.39 is 0 Å². The van der Waals surface area contributed by atoms with Crippen LogP contribution >= 0.6 is 15.9 Å². The van der Waals surface area contributed by atoms with Crippen molar-refractivity contribution in [1.82, 2.24) is 0 Å². The van der Waals surface area contributed by atoms with E-state index in [1.165, 1.54) is 33.4 Å². The molecule has 100 valence electrons. The van der Waals surface area contributed by atoms with E-state index in [-0.39, 0.29) is 6.04 Å². The fraction of sp³-hybridized carbons (Fsp3) is 0.294. The highest BCUT2D eigenvalue weighted by Gasteiger charge is 2.15. The van der Waals surface area contributed by atoms with Gasteiger partial charge in [-0.1, -0.05) is 34.1 Å². The molecule has 2 N–H and O–H groups in total. The largest absolute Gasteiger partial charge is 0.320 e. The molecule has 0 spiro atoms. The maximum absolute atomic E-state index is 6.48. The van der Waals surface area contributed by atoms with Crippen LogP contribution in [0.25, 0.3) is 0 Å². The van der Waals surface area contributed by atoms with Crippen LogP contribution in [0.15, 0.2) is 34.8 Å². The molecule has 0 saturated carbocycles. The fourth-order valence-electron chi connectivity index (χ4n) is 2.43. The van der Waals surface area contributed by atoms with Gasteiger partial charge in [0, 0.05) is 4.47 Å². The van der Waals surface area contributed by atoms with Crippen molar-refractivity contribution in [2.24, 2.45) is 5.73 Å². The minimum absolute atomic E-state index is 0.0724.